The fourth-order valence-electron chi connectivity index (χ4n) is 2.14. The van der Waals surface area contributed by atoms with Gasteiger partial charge in [-0.3, -0.25) is 0 Å². The summed E-state index contributed by atoms with van der Waals surface area (Å²) in [7, 11) is 3.33. The second kappa shape index (κ2) is 6.92. The molecule has 1 aromatic heterocycles. The van der Waals surface area contributed by atoms with Crippen LogP contribution in [0.15, 0.2) is 25.5 Å². The molecule has 0 fully saturated rings. The molecule has 4 nitrogen and oxygen atoms in total. The summed E-state index contributed by atoms with van der Waals surface area (Å²) >= 11 is 3.92. The van der Waals surface area contributed by atoms with E-state index in [1.807, 2.05) is 0 Å². The summed E-state index contributed by atoms with van der Waals surface area (Å²) in [5.74, 6) is 1.76. The van der Waals surface area contributed by atoms with Crippen LogP contribution in [0.4, 0.5) is 0 Å². The number of nitrogens with zero attached hydrogens (tertiary/aromatic N) is 2. The molecule has 1 aromatic rings. The van der Waals surface area contributed by atoms with Gasteiger partial charge in [-0.25, -0.2) is 0 Å². The Labute approximate surface area is 134 Å². The van der Waals surface area contributed by atoms with Crippen molar-refractivity contribution >= 4 is 42.2 Å². The molecular formula is C14H19BrN2O2Se. The number of rotatable bonds is 3. The predicted molar refractivity (Wildman–Crippen MR) is 86.1 cm³/mol. The van der Waals surface area contributed by atoms with Gasteiger partial charge in [0.05, 0.1) is 0 Å². The van der Waals surface area contributed by atoms with Crippen LogP contribution in [-0.4, -0.2) is 52.6 Å². The van der Waals surface area contributed by atoms with E-state index in [0.717, 1.165) is 6.42 Å². The average Bonchev–Trinajstić information content (AvgIpc) is 2.83. The van der Waals surface area contributed by atoms with Gasteiger partial charge >= 0.3 is 134 Å². The van der Waals surface area contributed by atoms with Crippen molar-refractivity contribution in [3.05, 3.63) is 19.9 Å². The maximum absolute atomic E-state index is 5.45. The van der Waals surface area contributed by atoms with E-state index in [4.69, 9.17) is 14.5 Å². The van der Waals surface area contributed by atoms with Gasteiger partial charge in [0.15, 0.2) is 0 Å². The Hall–Kier alpha value is -0.581. The number of ether oxygens (including phenoxy) is 2. The molecule has 0 saturated carbocycles. The Morgan fingerprint density at radius 1 is 1.20 bits per heavy atom. The van der Waals surface area contributed by atoms with Crippen molar-refractivity contribution < 1.29 is 9.47 Å². The van der Waals surface area contributed by atoms with E-state index in [2.05, 4.69) is 46.9 Å². The van der Waals surface area contributed by atoms with Crippen LogP contribution in [-0.2, 0) is 15.9 Å². The normalized spacial score (nSPS) is 22.5. The second-order valence-corrected chi connectivity index (χ2v) is 9.44. The van der Waals surface area contributed by atoms with Gasteiger partial charge in [0.25, 0.3) is 0 Å². The van der Waals surface area contributed by atoms with Gasteiger partial charge < -0.3 is 0 Å². The molecule has 1 aliphatic rings. The molecule has 0 N–H and O–H groups in total. The second-order valence-electron chi connectivity index (χ2n) is 4.96. The molecule has 20 heavy (non-hydrogen) atoms. The van der Waals surface area contributed by atoms with Crippen molar-refractivity contribution in [2.75, 3.05) is 14.2 Å². The number of hydrogen-bond donors (Lipinski definition) is 0. The average molecular weight is 406 g/mol. The topological polar surface area (TPSA) is 43.2 Å². The molecule has 0 aromatic carbocycles. The first-order chi connectivity index (χ1) is 9.55. The summed E-state index contributed by atoms with van der Waals surface area (Å²) in [6, 6.07) is 4.16. The van der Waals surface area contributed by atoms with Crippen molar-refractivity contribution in [2.45, 2.75) is 32.4 Å². The van der Waals surface area contributed by atoms with Crippen LogP contribution in [0.1, 0.15) is 18.3 Å². The summed E-state index contributed by atoms with van der Waals surface area (Å²) in [4.78, 5) is 9.40. The van der Waals surface area contributed by atoms with E-state index in [1.54, 1.807) is 14.2 Å². The minimum absolute atomic E-state index is 0.0425. The Kier molecular flexibility index (Phi) is 5.47. The van der Waals surface area contributed by atoms with Crippen LogP contribution in [0.5, 0.6) is 0 Å². The van der Waals surface area contributed by atoms with Crippen molar-refractivity contribution in [3.63, 3.8) is 0 Å². The Morgan fingerprint density at radius 3 is 2.40 bits per heavy atom. The molecule has 1 aliphatic heterocycles. The third kappa shape index (κ3) is 3.54. The van der Waals surface area contributed by atoms with Crippen LogP contribution < -0.4 is 0 Å². The Balaban J connectivity index is 2.23. The summed E-state index contributed by atoms with van der Waals surface area (Å²) in [6.45, 7) is 4.22. The van der Waals surface area contributed by atoms with Crippen molar-refractivity contribution in [1.29, 1.82) is 0 Å². The molecule has 110 valence electrons. The molecule has 0 aliphatic carbocycles. The van der Waals surface area contributed by atoms with Crippen LogP contribution in [0.3, 0.4) is 0 Å². The van der Waals surface area contributed by atoms with Gasteiger partial charge in [0.2, 0.25) is 0 Å². The Bertz CT molecular complexity index is 525. The zero-order valence-electron chi connectivity index (χ0n) is 12.1. The quantitative estimate of drug-likeness (QED) is 0.725. The first kappa shape index (κ1) is 15.8. The Morgan fingerprint density at radius 2 is 1.90 bits per heavy atom. The van der Waals surface area contributed by atoms with E-state index in [0.29, 0.717) is 32.2 Å². The van der Waals surface area contributed by atoms with Gasteiger partial charge in [0.1, 0.15) is 0 Å². The van der Waals surface area contributed by atoms with Gasteiger partial charge in [-0.1, -0.05) is 0 Å². The van der Waals surface area contributed by atoms with Crippen molar-refractivity contribution in [2.24, 2.45) is 15.9 Å². The summed E-state index contributed by atoms with van der Waals surface area (Å²) in [5.41, 5.74) is 0. The maximum atomic E-state index is 5.45. The zero-order valence-corrected chi connectivity index (χ0v) is 15.4. The molecule has 6 heteroatoms. The molecule has 2 rings (SSSR count). The molecule has 0 saturated heterocycles. The van der Waals surface area contributed by atoms with Gasteiger partial charge in [0, 0.05) is 0 Å². The monoisotopic (exact) mass is 406 g/mol. The van der Waals surface area contributed by atoms with Crippen LogP contribution in [0.2, 0.25) is 0 Å². The van der Waals surface area contributed by atoms with E-state index >= 15 is 0 Å². The number of methoxy groups -OCH3 is 2. The molecule has 0 radical (unpaired) electrons. The molecule has 2 heterocycles. The van der Waals surface area contributed by atoms with E-state index in [9.17, 15) is 0 Å². The zero-order chi connectivity index (χ0) is 14.7. The molecule has 0 amide bonds. The molecule has 2 atom stereocenters. The standard InChI is InChI=1S/C14H19BrN2O2Se/c1-8(2)12-14(19-4)16-10(13(17-12)18-3)7-9-5-6-11(15)20-9/h5-6,8,10,12H,7H2,1-4H3/t10-,12?/m0/s1. The molecule has 0 spiro atoms. The van der Waals surface area contributed by atoms with Gasteiger partial charge in [-0.15, -0.1) is 0 Å². The van der Waals surface area contributed by atoms with Crippen LogP contribution in [0.25, 0.3) is 0 Å². The molecular weight excluding hydrogens is 387 g/mol. The number of aliphatic imine (C=N–C) groups is 2. The molecule has 1 unspecified atom stereocenters. The summed E-state index contributed by atoms with van der Waals surface area (Å²) in [6.07, 6.45) is 0.843. The first-order valence-electron chi connectivity index (χ1n) is 6.52. The third-order valence-corrected chi connectivity index (χ3v) is 6.15. The fraction of sp³-hybridized carbons (Fsp3) is 0.571. The number of halogens is 1. The van der Waals surface area contributed by atoms with E-state index in [1.165, 1.54) is 7.78 Å². The van der Waals surface area contributed by atoms with Crippen LogP contribution in [0, 0.1) is 5.92 Å². The van der Waals surface area contributed by atoms with E-state index < -0.39 is 0 Å². The fourth-order valence-corrected chi connectivity index (χ4v) is 4.96. The van der Waals surface area contributed by atoms with Crippen molar-refractivity contribution in [3.8, 4) is 0 Å². The van der Waals surface area contributed by atoms with Gasteiger partial charge in [-0.2, -0.15) is 0 Å². The number of hydrogen-bond acceptors (Lipinski definition) is 4. The van der Waals surface area contributed by atoms with Gasteiger partial charge in [-0.05, 0) is 0 Å². The third-order valence-electron chi connectivity index (χ3n) is 3.16. The summed E-state index contributed by atoms with van der Waals surface area (Å²) < 4.78 is 13.5. The first-order valence-corrected chi connectivity index (χ1v) is 9.03. The summed E-state index contributed by atoms with van der Waals surface area (Å²) in [5, 5.41) is 0. The van der Waals surface area contributed by atoms with Crippen molar-refractivity contribution in [1.82, 2.24) is 0 Å². The predicted octanol–water partition coefficient (Wildman–Crippen LogP) is 2.55. The SMILES string of the molecule is COC1=N[C@@H](Cc2ccc(Br)[se]2)C(OC)=NC1C(C)C. The molecule has 0 bridgehead atoms. The minimum atomic E-state index is -0.0649. The van der Waals surface area contributed by atoms with Crippen LogP contribution >= 0.6 is 15.9 Å². The van der Waals surface area contributed by atoms with E-state index in [-0.39, 0.29) is 12.1 Å².